The van der Waals surface area contributed by atoms with Gasteiger partial charge >= 0.3 is 0 Å². The van der Waals surface area contributed by atoms with Crippen molar-refractivity contribution in [1.82, 2.24) is 14.9 Å². The average molecular weight is 392 g/mol. The van der Waals surface area contributed by atoms with Gasteiger partial charge in [0.1, 0.15) is 0 Å². The summed E-state index contributed by atoms with van der Waals surface area (Å²) in [5, 5.41) is 0. The van der Waals surface area contributed by atoms with Crippen LogP contribution in [0.5, 0.6) is 0 Å². The maximum Gasteiger partial charge on any atom is 0.0544 e. The maximum atomic E-state index is 4.50. The zero-order valence-corrected chi connectivity index (χ0v) is 16.9. The summed E-state index contributed by atoms with van der Waals surface area (Å²) in [5.41, 5.74) is 5.81. The van der Waals surface area contributed by atoms with Gasteiger partial charge in [0, 0.05) is 32.0 Å². The van der Waals surface area contributed by atoms with Gasteiger partial charge in [-0.15, -0.1) is 0 Å². The van der Waals surface area contributed by atoms with Gasteiger partial charge in [-0.3, -0.25) is 14.9 Å². The van der Waals surface area contributed by atoms with E-state index >= 15 is 0 Å². The molecule has 0 fully saturated rings. The highest BCUT2D eigenvalue weighted by atomic mass is 15.1. The largest absolute Gasteiger partial charge is 0.287 e. The molecule has 0 unspecified atom stereocenters. The van der Waals surface area contributed by atoms with Crippen LogP contribution >= 0.6 is 0 Å². The van der Waals surface area contributed by atoms with Gasteiger partial charge in [0.2, 0.25) is 0 Å². The van der Waals surface area contributed by atoms with Gasteiger partial charge in [-0.2, -0.15) is 0 Å². The molecule has 2 heterocycles. The molecule has 3 nitrogen and oxygen atoms in total. The van der Waals surface area contributed by atoms with E-state index in [4.69, 9.17) is 0 Å². The standard InChI is InChI=1S/C27H25N3/c1-2-8-23(9-3-1)12-13-24-14-16-25(17-15-24)20-30(21-26-10-4-6-18-28-26)22-27-11-5-7-19-29-27/h1-19H,20-22H2/b13-12+. The summed E-state index contributed by atoms with van der Waals surface area (Å²) in [6, 6.07) is 31.2. The molecule has 2 aromatic heterocycles. The Hall–Kier alpha value is -3.56. The first-order valence-corrected chi connectivity index (χ1v) is 10.2. The topological polar surface area (TPSA) is 29.0 Å². The molecule has 0 amide bonds. The van der Waals surface area contributed by atoms with Gasteiger partial charge < -0.3 is 0 Å². The summed E-state index contributed by atoms with van der Waals surface area (Å²) in [5.74, 6) is 0. The average Bonchev–Trinajstić information content (AvgIpc) is 2.81. The van der Waals surface area contributed by atoms with E-state index < -0.39 is 0 Å². The van der Waals surface area contributed by atoms with Crippen LogP contribution in [-0.4, -0.2) is 14.9 Å². The lowest BCUT2D eigenvalue weighted by molar-refractivity contribution is 0.241. The molecule has 2 aromatic carbocycles. The second-order valence-electron chi connectivity index (χ2n) is 7.27. The Bertz CT molecular complexity index is 1000. The molecule has 0 aliphatic rings. The fraction of sp³-hybridized carbons (Fsp3) is 0.111. The molecule has 0 saturated heterocycles. The molecule has 0 radical (unpaired) electrons. The lowest BCUT2D eigenvalue weighted by atomic mass is 10.1. The molecule has 30 heavy (non-hydrogen) atoms. The van der Waals surface area contributed by atoms with Gasteiger partial charge in [0.05, 0.1) is 11.4 Å². The molecule has 4 aromatic rings. The number of rotatable bonds is 8. The Labute approximate surface area is 178 Å². The molecule has 0 bridgehead atoms. The SMILES string of the molecule is C(=C\c1ccc(CN(Cc2ccccn2)Cc2ccccn2)cc1)/c1ccccc1. The fourth-order valence-corrected chi connectivity index (χ4v) is 3.36. The van der Waals surface area contributed by atoms with Gasteiger partial charge in [0.25, 0.3) is 0 Å². The van der Waals surface area contributed by atoms with Crippen LogP contribution < -0.4 is 0 Å². The minimum atomic E-state index is 0.785. The van der Waals surface area contributed by atoms with E-state index in [0.29, 0.717) is 0 Å². The van der Waals surface area contributed by atoms with E-state index in [2.05, 4.69) is 87.7 Å². The van der Waals surface area contributed by atoms with E-state index in [1.54, 1.807) is 0 Å². The highest BCUT2D eigenvalue weighted by Gasteiger charge is 2.10. The third-order valence-corrected chi connectivity index (χ3v) is 4.88. The van der Waals surface area contributed by atoms with E-state index in [9.17, 15) is 0 Å². The number of aromatic nitrogens is 2. The van der Waals surface area contributed by atoms with Crippen molar-refractivity contribution in [2.24, 2.45) is 0 Å². The summed E-state index contributed by atoms with van der Waals surface area (Å²) in [6.07, 6.45) is 7.99. The summed E-state index contributed by atoms with van der Waals surface area (Å²) in [4.78, 5) is 11.4. The van der Waals surface area contributed by atoms with Crippen molar-refractivity contribution in [3.05, 3.63) is 131 Å². The van der Waals surface area contributed by atoms with Crippen molar-refractivity contribution in [3.63, 3.8) is 0 Å². The lowest BCUT2D eigenvalue weighted by Gasteiger charge is -2.22. The Kier molecular flexibility index (Phi) is 6.77. The molecule has 0 aliphatic heterocycles. The van der Waals surface area contributed by atoms with Crippen molar-refractivity contribution < 1.29 is 0 Å². The number of hydrogen-bond acceptors (Lipinski definition) is 3. The molecule has 0 atom stereocenters. The second-order valence-corrected chi connectivity index (χ2v) is 7.27. The first kappa shape index (κ1) is 19.7. The van der Waals surface area contributed by atoms with Crippen LogP contribution in [0.2, 0.25) is 0 Å². The third-order valence-electron chi connectivity index (χ3n) is 4.88. The minimum absolute atomic E-state index is 0.785. The normalized spacial score (nSPS) is 11.2. The van der Waals surface area contributed by atoms with Crippen molar-refractivity contribution in [2.75, 3.05) is 0 Å². The molecule has 3 heteroatoms. The first-order valence-electron chi connectivity index (χ1n) is 10.2. The smallest absolute Gasteiger partial charge is 0.0544 e. The number of pyridine rings is 2. The van der Waals surface area contributed by atoms with Gasteiger partial charge in [-0.1, -0.05) is 78.9 Å². The van der Waals surface area contributed by atoms with Crippen LogP contribution in [0.1, 0.15) is 28.1 Å². The van der Waals surface area contributed by atoms with Crippen LogP contribution in [0.25, 0.3) is 12.2 Å². The molecule has 4 rings (SSSR count). The molecule has 0 spiro atoms. The van der Waals surface area contributed by atoms with E-state index in [-0.39, 0.29) is 0 Å². The maximum absolute atomic E-state index is 4.50. The second kappa shape index (κ2) is 10.3. The summed E-state index contributed by atoms with van der Waals surface area (Å²) < 4.78 is 0. The minimum Gasteiger partial charge on any atom is -0.287 e. The van der Waals surface area contributed by atoms with Gasteiger partial charge in [0.15, 0.2) is 0 Å². The molecule has 148 valence electrons. The monoisotopic (exact) mass is 391 g/mol. The summed E-state index contributed by atoms with van der Waals surface area (Å²) in [7, 11) is 0. The van der Waals surface area contributed by atoms with E-state index in [1.165, 1.54) is 16.7 Å². The molecule has 0 N–H and O–H groups in total. The lowest BCUT2D eigenvalue weighted by Crippen LogP contribution is -2.23. The zero-order valence-electron chi connectivity index (χ0n) is 16.9. The van der Waals surface area contributed by atoms with Crippen LogP contribution in [-0.2, 0) is 19.6 Å². The number of nitrogens with zero attached hydrogens (tertiary/aromatic N) is 3. The third kappa shape index (κ3) is 5.97. The molecule has 0 saturated carbocycles. The highest BCUT2D eigenvalue weighted by Crippen LogP contribution is 2.15. The molecular weight excluding hydrogens is 366 g/mol. The first-order chi connectivity index (χ1) is 14.8. The Morgan fingerprint density at radius 2 is 1.07 bits per heavy atom. The quantitative estimate of drug-likeness (QED) is 0.353. The van der Waals surface area contributed by atoms with Gasteiger partial charge in [-0.25, -0.2) is 0 Å². The van der Waals surface area contributed by atoms with Crippen LogP contribution in [0, 0.1) is 0 Å². The molecule has 0 aliphatic carbocycles. The van der Waals surface area contributed by atoms with E-state index in [0.717, 1.165) is 31.0 Å². The number of hydrogen-bond donors (Lipinski definition) is 0. The molecular formula is C27H25N3. The van der Waals surface area contributed by atoms with Gasteiger partial charge in [-0.05, 0) is 41.0 Å². The summed E-state index contributed by atoms with van der Waals surface area (Å²) >= 11 is 0. The van der Waals surface area contributed by atoms with E-state index in [1.807, 2.05) is 42.7 Å². The Morgan fingerprint density at radius 3 is 1.60 bits per heavy atom. The fourth-order valence-electron chi connectivity index (χ4n) is 3.36. The van der Waals surface area contributed by atoms with Crippen molar-refractivity contribution in [2.45, 2.75) is 19.6 Å². The summed E-state index contributed by atoms with van der Waals surface area (Å²) in [6.45, 7) is 2.41. The predicted octanol–water partition coefficient (Wildman–Crippen LogP) is 5.85. The Morgan fingerprint density at radius 1 is 0.533 bits per heavy atom. The number of benzene rings is 2. The van der Waals surface area contributed by atoms with Crippen LogP contribution in [0.4, 0.5) is 0 Å². The zero-order chi connectivity index (χ0) is 20.4. The van der Waals surface area contributed by atoms with Crippen molar-refractivity contribution in [3.8, 4) is 0 Å². The van der Waals surface area contributed by atoms with Crippen LogP contribution in [0.3, 0.4) is 0 Å². The highest BCUT2D eigenvalue weighted by molar-refractivity contribution is 5.69. The van der Waals surface area contributed by atoms with Crippen molar-refractivity contribution >= 4 is 12.2 Å². The van der Waals surface area contributed by atoms with Crippen LogP contribution in [0.15, 0.2) is 103 Å². The Balaban J connectivity index is 1.45. The van der Waals surface area contributed by atoms with Crippen molar-refractivity contribution in [1.29, 1.82) is 0 Å². The predicted molar refractivity (Wildman–Crippen MR) is 123 cm³/mol.